The van der Waals surface area contributed by atoms with Crippen LogP contribution in [0.15, 0.2) is 30.3 Å². The molecular weight excluding hydrogens is 276 g/mol. The summed E-state index contributed by atoms with van der Waals surface area (Å²) in [5.41, 5.74) is 7.08. The minimum absolute atomic E-state index is 0.130. The van der Waals surface area contributed by atoms with Gasteiger partial charge < -0.3 is 10.5 Å². The van der Waals surface area contributed by atoms with Crippen LogP contribution in [0.5, 0.6) is 0 Å². The lowest BCUT2D eigenvalue weighted by Gasteiger charge is -2.36. The van der Waals surface area contributed by atoms with E-state index in [0.29, 0.717) is 12.5 Å². The van der Waals surface area contributed by atoms with Gasteiger partial charge in [0.15, 0.2) is 0 Å². The maximum atomic E-state index is 12.0. The van der Waals surface area contributed by atoms with Crippen molar-refractivity contribution in [1.82, 2.24) is 4.90 Å². The van der Waals surface area contributed by atoms with Crippen molar-refractivity contribution in [2.75, 3.05) is 19.6 Å². The molecule has 22 heavy (non-hydrogen) atoms. The molecule has 0 aliphatic carbocycles. The van der Waals surface area contributed by atoms with Gasteiger partial charge in [0.1, 0.15) is 5.60 Å². The van der Waals surface area contributed by atoms with Crippen LogP contribution in [0.1, 0.15) is 32.8 Å². The van der Waals surface area contributed by atoms with Gasteiger partial charge in [0.25, 0.3) is 0 Å². The second-order valence-corrected chi connectivity index (χ2v) is 7.33. The Kier molecular flexibility index (Phi) is 5.59. The van der Waals surface area contributed by atoms with Gasteiger partial charge in [-0.15, -0.1) is 0 Å². The Bertz CT molecular complexity index is 482. The summed E-state index contributed by atoms with van der Waals surface area (Å²) in [6.07, 6.45) is 2.03. The van der Waals surface area contributed by atoms with Crippen molar-refractivity contribution in [3.8, 4) is 0 Å². The van der Waals surface area contributed by atoms with Crippen LogP contribution >= 0.6 is 0 Å². The number of rotatable bonds is 4. The van der Waals surface area contributed by atoms with Crippen molar-refractivity contribution in [3.63, 3.8) is 0 Å². The number of hydrogen-bond acceptors (Lipinski definition) is 4. The van der Waals surface area contributed by atoms with Crippen molar-refractivity contribution < 1.29 is 9.53 Å². The largest absolute Gasteiger partial charge is 0.459 e. The fraction of sp³-hybridized carbons (Fsp3) is 0.611. The SMILES string of the molecule is CC(C)(C)OC(=O)CN1CC(N)CC(Cc2ccccc2)C1. The van der Waals surface area contributed by atoms with Crippen molar-refractivity contribution in [2.24, 2.45) is 11.7 Å². The predicted octanol–water partition coefficient (Wildman–Crippen LogP) is 2.22. The van der Waals surface area contributed by atoms with Crippen LogP contribution in [0, 0.1) is 5.92 Å². The van der Waals surface area contributed by atoms with E-state index in [4.69, 9.17) is 10.5 Å². The Balaban J connectivity index is 1.89. The van der Waals surface area contributed by atoms with E-state index in [1.165, 1.54) is 5.56 Å². The molecule has 0 spiro atoms. The summed E-state index contributed by atoms with van der Waals surface area (Å²) in [4.78, 5) is 14.1. The van der Waals surface area contributed by atoms with Crippen molar-refractivity contribution in [1.29, 1.82) is 0 Å². The summed E-state index contributed by atoms with van der Waals surface area (Å²) < 4.78 is 5.41. The third kappa shape index (κ3) is 5.78. The molecule has 1 fully saturated rings. The Hall–Kier alpha value is -1.39. The highest BCUT2D eigenvalue weighted by Crippen LogP contribution is 2.20. The van der Waals surface area contributed by atoms with E-state index in [1.54, 1.807) is 0 Å². The van der Waals surface area contributed by atoms with Crippen LogP contribution in [0.25, 0.3) is 0 Å². The number of ether oxygens (including phenoxy) is 1. The van der Waals surface area contributed by atoms with Gasteiger partial charge in [0, 0.05) is 19.1 Å². The fourth-order valence-corrected chi connectivity index (χ4v) is 3.13. The number of carbonyl (C=O) groups excluding carboxylic acids is 1. The Morgan fingerprint density at radius 1 is 1.27 bits per heavy atom. The number of nitrogens with two attached hydrogens (primary N) is 1. The molecule has 1 aromatic rings. The third-order valence-electron chi connectivity index (χ3n) is 3.79. The van der Waals surface area contributed by atoms with Crippen LogP contribution in [0.2, 0.25) is 0 Å². The van der Waals surface area contributed by atoms with E-state index in [9.17, 15) is 4.79 Å². The van der Waals surface area contributed by atoms with Crippen LogP contribution in [-0.4, -0.2) is 42.1 Å². The highest BCUT2D eigenvalue weighted by molar-refractivity contribution is 5.72. The molecule has 1 aliphatic rings. The standard InChI is InChI=1S/C18H28N2O2/c1-18(2,3)22-17(21)13-20-11-15(10-16(19)12-20)9-14-7-5-4-6-8-14/h4-8,15-16H,9-13,19H2,1-3H3. The molecule has 0 radical (unpaired) electrons. The Labute approximate surface area is 133 Å². The minimum Gasteiger partial charge on any atom is -0.459 e. The first-order valence-corrected chi connectivity index (χ1v) is 8.05. The summed E-state index contributed by atoms with van der Waals surface area (Å²) >= 11 is 0. The molecule has 1 aliphatic heterocycles. The number of likely N-dealkylation sites (tertiary alicyclic amines) is 1. The average molecular weight is 304 g/mol. The van der Waals surface area contributed by atoms with E-state index in [2.05, 4.69) is 29.2 Å². The van der Waals surface area contributed by atoms with Crippen LogP contribution < -0.4 is 5.73 Å². The van der Waals surface area contributed by atoms with E-state index in [0.717, 1.165) is 25.9 Å². The molecule has 2 unspecified atom stereocenters. The fourth-order valence-electron chi connectivity index (χ4n) is 3.13. The topological polar surface area (TPSA) is 55.6 Å². The van der Waals surface area contributed by atoms with Gasteiger partial charge in [0.2, 0.25) is 0 Å². The minimum atomic E-state index is -0.432. The molecule has 0 saturated carbocycles. The molecule has 122 valence electrons. The monoisotopic (exact) mass is 304 g/mol. The van der Waals surface area contributed by atoms with Gasteiger partial charge in [-0.25, -0.2) is 0 Å². The Morgan fingerprint density at radius 2 is 1.95 bits per heavy atom. The lowest BCUT2D eigenvalue weighted by atomic mass is 9.89. The van der Waals surface area contributed by atoms with E-state index in [-0.39, 0.29) is 12.0 Å². The van der Waals surface area contributed by atoms with Gasteiger partial charge in [0.05, 0.1) is 6.54 Å². The summed E-state index contributed by atoms with van der Waals surface area (Å²) in [6.45, 7) is 7.68. The van der Waals surface area contributed by atoms with E-state index in [1.807, 2.05) is 26.8 Å². The number of piperidine rings is 1. The number of nitrogens with zero attached hydrogens (tertiary/aromatic N) is 1. The first kappa shape index (κ1) is 17.0. The molecule has 4 nitrogen and oxygen atoms in total. The summed E-state index contributed by atoms with van der Waals surface area (Å²) in [5.74, 6) is 0.327. The maximum absolute atomic E-state index is 12.0. The molecule has 0 amide bonds. The molecule has 2 rings (SSSR count). The van der Waals surface area contributed by atoms with Gasteiger partial charge in [-0.1, -0.05) is 30.3 Å². The highest BCUT2D eigenvalue weighted by atomic mass is 16.6. The van der Waals surface area contributed by atoms with Gasteiger partial charge in [-0.3, -0.25) is 9.69 Å². The molecule has 2 N–H and O–H groups in total. The smallest absolute Gasteiger partial charge is 0.320 e. The summed E-state index contributed by atoms with van der Waals surface area (Å²) in [7, 11) is 0. The Morgan fingerprint density at radius 3 is 2.59 bits per heavy atom. The van der Waals surface area contributed by atoms with Crippen molar-refractivity contribution in [2.45, 2.75) is 45.3 Å². The molecule has 1 heterocycles. The van der Waals surface area contributed by atoms with Crippen molar-refractivity contribution in [3.05, 3.63) is 35.9 Å². The second kappa shape index (κ2) is 7.25. The van der Waals surface area contributed by atoms with Crippen LogP contribution in [-0.2, 0) is 16.0 Å². The highest BCUT2D eigenvalue weighted by Gasteiger charge is 2.27. The quantitative estimate of drug-likeness (QED) is 0.867. The summed E-state index contributed by atoms with van der Waals surface area (Å²) in [6, 6.07) is 10.6. The van der Waals surface area contributed by atoms with E-state index >= 15 is 0 Å². The number of benzene rings is 1. The van der Waals surface area contributed by atoms with Crippen molar-refractivity contribution >= 4 is 5.97 Å². The maximum Gasteiger partial charge on any atom is 0.320 e. The molecule has 1 saturated heterocycles. The molecule has 2 atom stereocenters. The average Bonchev–Trinajstić information content (AvgIpc) is 2.36. The molecular formula is C18H28N2O2. The molecule has 0 aromatic heterocycles. The first-order valence-electron chi connectivity index (χ1n) is 8.05. The molecule has 1 aromatic carbocycles. The predicted molar refractivity (Wildman–Crippen MR) is 88.5 cm³/mol. The zero-order chi connectivity index (χ0) is 16.2. The zero-order valence-corrected chi connectivity index (χ0v) is 13.9. The third-order valence-corrected chi connectivity index (χ3v) is 3.79. The van der Waals surface area contributed by atoms with E-state index < -0.39 is 5.60 Å². The molecule has 0 bridgehead atoms. The van der Waals surface area contributed by atoms with Crippen LogP contribution in [0.3, 0.4) is 0 Å². The van der Waals surface area contributed by atoms with Gasteiger partial charge >= 0.3 is 5.97 Å². The van der Waals surface area contributed by atoms with Crippen LogP contribution in [0.4, 0.5) is 0 Å². The lowest BCUT2D eigenvalue weighted by Crippen LogP contribution is -2.49. The lowest BCUT2D eigenvalue weighted by molar-refractivity contribution is -0.156. The van der Waals surface area contributed by atoms with Gasteiger partial charge in [-0.2, -0.15) is 0 Å². The summed E-state index contributed by atoms with van der Waals surface area (Å²) in [5, 5.41) is 0. The number of esters is 1. The number of carbonyl (C=O) groups is 1. The normalized spacial score (nSPS) is 23.3. The zero-order valence-electron chi connectivity index (χ0n) is 13.9. The molecule has 4 heteroatoms. The first-order chi connectivity index (χ1) is 10.3. The van der Waals surface area contributed by atoms with Gasteiger partial charge in [-0.05, 0) is 45.1 Å². The second-order valence-electron chi connectivity index (χ2n) is 7.33. The number of hydrogen-bond donors (Lipinski definition) is 1.